The molecule has 0 aliphatic carbocycles. The van der Waals surface area contributed by atoms with E-state index in [0.29, 0.717) is 0 Å². The number of fused-ring (bicyclic) bond motifs is 7. The van der Waals surface area contributed by atoms with Crippen LogP contribution in [0.2, 0.25) is 0 Å². The Morgan fingerprint density at radius 2 is 1.06 bits per heavy atom. The van der Waals surface area contributed by atoms with Gasteiger partial charge in [-0.1, -0.05) is 97.1 Å². The molecule has 0 aliphatic heterocycles. The van der Waals surface area contributed by atoms with Crippen molar-refractivity contribution >= 4 is 43.6 Å². The summed E-state index contributed by atoms with van der Waals surface area (Å²) in [6.45, 7) is 0. The molecule has 0 fully saturated rings. The minimum absolute atomic E-state index is 1.18. The van der Waals surface area contributed by atoms with E-state index in [1.165, 1.54) is 60.4 Å². The molecule has 33 heavy (non-hydrogen) atoms. The normalized spacial score (nSPS) is 11.8. The highest BCUT2D eigenvalue weighted by molar-refractivity contribution is 6.24. The summed E-state index contributed by atoms with van der Waals surface area (Å²) in [5.41, 5.74) is 8.74. The maximum Gasteiger partial charge on any atom is 0.0785 e. The average Bonchev–Trinajstić information content (AvgIpc) is 3.37. The van der Waals surface area contributed by atoms with Crippen LogP contribution in [0.5, 0.6) is 0 Å². The maximum absolute atomic E-state index is 2.42. The predicted molar refractivity (Wildman–Crippen MR) is 140 cm³/mol. The molecule has 0 unspecified atom stereocenters. The summed E-state index contributed by atoms with van der Waals surface area (Å²) < 4.78 is 4.82. The molecule has 0 saturated heterocycles. The molecular formula is C31H22N2. The molecule has 0 radical (unpaired) electrons. The van der Waals surface area contributed by atoms with Crippen LogP contribution in [0.15, 0.2) is 115 Å². The lowest BCUT2D eigenvalue weighted by Crippen LogP contribution is -1.96. The van der Waals surface area contributed by atoms with Gasteiger partial charge in [0.05, 0.1) is 22.1 Å². The molecule has 0 aliphatic rings. The van der Waals surface area contributed by atoms with Crippen molar-refractivity contribution in [3.05, 3.63) is 115 Å². The Morgan fingerprint density at radius 1 is 0.455 bits per heavy atom. The number of aryl methyl sites for hydroxylation is 1. The van der Waals surface area contributed by atoms with Gasteiger partial charge in [-0.15, -0.1) is 0 Å². The maximum atomic E-state index is 2.42. The molecular weight excluding hydrogens is 400 g/mol. The molecule has 2 heteroatoms. The lowest BCUT2D eigenvalue weighted by atomic mass is 10.0. The second-order valence-corrected chi connectivity index (χ2v) is 8.67. The molecule has 7 aromatic rings. The van der Waals surface area contributed by atoms with Gasteiger partial charge in [-0.2, -0.15) is 0 Å². The minimum atomic E-state index is 1.18. The zero-order valence-electron chi connectivity index (χ0n) is 18.4. The minimum Gasteiger partial charge on any atom is -0.341 e. The summed E-state index contributed by atoms with van der Waals surface area (Å²) in [4.78, 5) is 0. The standard InChI is InChI=1S/C31H22N2/c1-32-29-23(21-11-4-2-5-12-21)16-10-17-25(29)27-20-19-26-24-15-8-9-18-28(24)33(31(26)30(27)32)22-13-6-3-7-14-22/h2-20H,1H3. The molecule has 7 rings (SSSR count). The fourth-order valence-electron chi connectivity index (χ4n) is 5.53. The lowest BCUT2D eigenvalue weighted by Gasteiger charge is -2.10. The largest absolute Gasteiger partial charge is 0.341 e. The van der Waals surface area contributed by atoms with Crippen molar-refractivity contribution in [3.8, 4) is 16.8 Å². The first kappa shape index (κ1) is 18.3. The van der Waals surface area contributed by atoms with Crippen molar-refractivity contribution in [2.45, 2.75) is 0 Å². The molecule has 0 amide bonds. The van der Waals surface area contributed by atoms with Crippen molar-refractivity contribution in [1.82, 2.24) is 9.13 Å². The van der Waals surface area contributed by atoms with E-state index < -0.39 is 0 Å². The van der Waals surface area contributed by atoms with Gasteiger partial charge in [0.2, 0.25) is 0 Å². The van der Waals surface area contributed by atoms with Crippen molar-refractivity contribution in [3.63, 3.8) is 0 Å². The molecule has 0 N–H and O–H groups in total. The van der Waals surface area contributed by atoms with E-state index in [4.69, 9.17) is 0 Å². The Bertz CT molecular complexity index is 1800. The molecule has 0 bridgehead atoms. The van der Waals surface area contributed by atoms with Crippen molar-refractivity contribution in [2.24, 2.45) is 7.05 Å². The highest BCUT2D eigenvalue weighted by atomic mass is 15.0. The van der Waals surface area contributed by atoms with Gasteiger partial charge in [0.15, 0.2) is 0 Å². The van der Waals surface area contributed by atoms with Gasteiger partial charge in [-0.3, -0.25) is 0 Å². The van der Waals surface area contributed by atoms with Gasteiger partial charge in [-0.05, 0) is 23.8 Å². The average molecular weight is 423 g/mol. The molecule has 0 saturated carbocycles. The summed E-state index contributed by atoms with van der Waals surface area (Å²) in [5, 5.41) is 5.15. The molecule has 0 atom stereocenters. The highest BCUT2D eigenvalue weighted by Crippen LogP contribution is 2.41. The van der Waals surface area contributed by atoms with Gasteiger partial charge in [0, 0.05) is 39.8 Å². The topological polar surface area (TPSA) is 9.86 Å². The summed E-state index contributed by atoms with van der Waals surface area (Å²) in [6, 6.07) is 41.4. The molecule has 0 spiro atoms. The highest BCUT2D eigenvalue weighted by Gasteiger charge is 2.20. The van der Waals surface area contributed by atoms with E-state index in [0.717, 1.165) is 0 Å². The second-order valence-electron chi connectivity index (χ2n) is 8.67. The summed E-state index contributed by atoms with van der Waals surface area (Å²) in [7, 11) is 2.21. The third-order valence-corrected chi connectivity index (χ3v) is 6.91. The van der Waals surface area contributed by atoms with Crippen molar-refractivity contribution in [2.75, 3.05) is 0 Å². The van der Waals surface area contributed by atoms with Crippen LogP contribution < -0.4 is 0 Å². The zero-order valence-corrected chi connectivity index (χ0v) is 18.4. The van der Waals surface area contributed by atoms with E-state index in [-0.39, 0.29) is 0 Å². The number of hydrogen-bond donors (Lipinski definition) is 0. The third kappa shape index (κ3) is 2.49. The molecule has 2 nitrogen and oxygen atoms in total. The van der Waals surface area contributed by atoms with Crippen LogP contribution in [-0.4, -0.2) is 9.13 Å². The van der Waals surface area contributed by atoms with Crippen molar-refractivity contribution < 1.29 is 0 Å². The second kappa shape index (κ2) is 6.85. The van der Waals surface area contributed by atoms with Crippen LogP contribution in [0.4, 0.5) is 0 Å². The molecule has 5 aromatic carbocycles. The van der Waals surface area contributed by atoms with E-state index >= 15 is 0 Å². The van der Waals surface area contributed by atoms with E-state index in [1.807, 2.05) is 0 Å². The van der Waals surface area contributed by atoms with E-state index in [2.05, 4.69) is 131 Å². The fourth-order valence-corrected chi connectivity index (χ4v) is 5.53. The molecule has 156 valence electrons. The first-order valence-corrected chi connectivity index (χ1v) is 11.4. The SMILES string of the molecule is Cn1c2c(-c3ccccc3)cccc2c2ccc3c4ccccc4n(-c4ccccc4)c3c21. The van der Waals surface area contributed by atoms with E-state index in [1.54, 1.807) is 0 Å². The number of para-hydroxylation sites is 3. The Morgan fingerprint density at radius 3 is 1.85 bits per heavy atom. The number of aromatic nitrogens is 2. The van der Waals surface area contributed by atoms with Gasteiger partial charge in [0.1, 0.15) is 0 Å². The zero-order chi connectivity index (χ0) is 21.9. The summed E-state index contributed by atoms with van der Waals surface area (Å²) in [6.07, 6.45) is 0. The quantitative estimate of drug-likeness (QED) is 0.266. The van der Waals surface area contributed by atoms with Gasteiger partial charge < -0.3 is 9.13 Å². The van der Waals surface area contributed by atoms with Crippen LogP contribution in [-0.2, 0) is 7.05 Å². The van der Waals surface area contributed by atoms with E-state index in [9.17, 15) is 0 Å². The number of rotatable bonds is 2. The first-order chi connectivity index (χ1) is 16.3. The number of nitrogens with zero attached hydrogens (tertiary/aromatic N) is 2. The van der Waals surface area contributed by atoms with Crippen LogP contribution in [0.25, 0.3) is 60.4 Å². The Labute approximate surface area is 191 Å². The Kier molecular flexibility index (Phi) is 3.80. The number of benzene rings is 5. The predicted octanol–water partition coefficient (Wildman–Crippen LogP) is 8.10. The molecule has 2 aromatic heterocycles. The van der Waals surface area contributed by atoms with Crippen LogP contribution in [0, 0.1) is 0 Å². The lowest BCUT2D eigenvalue weighted by molar-refractivity contribution is 1.01. The summed E-state index contributed by atoms with van der Waals surface area (Å²) >= 11 is 0. The third-order valence-electron chi connectivity index (χ3n) is 6.91. The van der Waals surface area contributed by atoms with Gasteiger partial charge in [0.25, 0.3) is 0 Å². The Hall–Kier alpha value is -4.30. The van der Waals surface area contributed by atoms with Gasteiger partial charge in [-0.25, -0.2) is 0 Å². The monoisotopic (exact) mass is 422 g/mol. The Balaban J connectivity index is 1.72. The van der Waals surface area contributed by atoms with Crippen LogP contribution in [0.3, 0.4) is 0 Å². The van der Waals surface area contributed by atoms with Crippen LogP contribution in [0.1, 0.15) is 0 Å². The smallest absolute Gasteiger partial charge is 0.0785 e. The first-order valence-electron chi connectivity index (χ1n) is 11.4. The number of hydrogen-bond acceptors (Lipinski definition) is 0. The fraction of sp³-hybridized carbons (Fsp3) is 0.0323. The molecule has 2 heterocycles. The van der Waals surface area contributed by atoms with Crippen molar-refractivity contribution in [1.29, 1.82) is 0 Å². The summed E-state index contributed by atoms with van der Waals surface area (Å²) in [5.74, 6) is 0. The van der Waals surface area contributed by atoms with Gasteiger partial charge >= 0.3 is 0 Å². The van der Waals surface area contributed by atoms with Crippen LogP contribution >= 0.6 is 0 Å².